The summed E-state index contributed by atoms with van der Waals surface area (Å²) in [6, 6.07) is 3.56. The second-order valence-electron chi connectivity index (χ2n) is 3.15. The van der Waals surface area contributed by atoms with Crippen LogP contribution >= 0.6 is 11.3 Å². The SMILES string of the molecule is Cc1nc(-c2sccc2C)cc(=O)[nH]1. The minimum atomic E-state index is -0.0969. The normalized spacial score (nSPS) is 10.4. The molecule has 72 valence electrons. The molecule has 2 aromatic rings. The lowest BCUT2D eigenvalue weighted by molar-refractivity contribution is 1.03. The maximum atomic E-state index is 11.2. The number of thiophene rings is 1. The first-order valence-electron chi connectivity index (χ1n) is 4.29. The summed E-state index contributed by atoms with van der Waals surface area (Å²) in [5.74, 6) is 0.653. The van der Waals surface area contributed by atoms with Gasteiger partial charge in [0.25, 0.3) is 5.56 Å². The number of hydrogen-bond acceptors (Lipinski definition) is 3. The van der Waals surface area contributed by atoms with Crippen molar-refractivity contribution >= 4 is 11.3 Å². The first-order chi connectivity index (χ1) is 6.66. The lowest BCUT2D eigenvalue weighted by Gasteiger charge is -1.99. The number of nitrogens with one attached hydrogen (secondary N) is 1. The minimum Gasteiger partial charge on any atom is -0.311 e. The van der Waals surface area contributed by atoms with Gasteiger partial charge in [-0.2, -0.15) is 0 Å². The van der Waals surface area contributed by atoms with E-state index < -0.39 is 0 Å². The molecule has 2 rings (SSSR count). The predicted molar refractivity (Wildman–Crippen MR) is 57.6 cm³/mol. The van der Waals surface area contributed by atoms with Crippen LogP contribution < -0.4 is 5.56 Å². The smallest absolute Gasteiger partial charge is 0.251 e. The zero-order valence-corrected chi connectivity index (χ0v) is 8.81. The average Bonchev–Trinajstić information content (AvgIpc) is 2.49. The molecule has 0 unspecified atom stereocenters. The number of nitrogens with zero attached hydrogens (tertiary/aromatic N) is 1. The molecule has 4 heteroatoms. The van der Waals surface area contributed by atoms with Gasteiger partial charge in [-0.1, -0.05) is 0 Å². The highest BCUT2D eigenvalue weighted by molar-refractivity contribution is 7.13. The summed E-state index contributed by atoms with van der Waals surface area (Å²) in [5, 5.41) is 2.00. The molecule has 0 bridgehead atoms. The van der Waals surface area contributed by atoms with Crippen molar-refractivity contribution in [2.75, 3.05) is 0 Å². The molecular weight excluding hydrogens is 196 g/mol. The first kappa shape index (κ1) is 9.15. The zero-order valence-electron chi connectivity index (χ0n) is 8.00. The molecule has 0 saturated carbocycles. The van der Waals surface area contributed by atoms with Crippen molar-refractivity contribution in [3.8, 4) is 10.6 Å². The van der Waals surface area contributed by atoms with Crippen molar-refractivity contribution in [1.82, 2.24) is 9.97 Å². The Morgan fingerprint density at radius 3 is 2.79 bits per heavy atom. The van der Waals surface area contributed by atoms with Crippen LogP contribution in [0.25, 0.3) is 10.6 Å². The molecule has 0 aliphatic heterocycles. The van der Waals surface area contributed by atoms with Crippen LogP contribution in [0.3, 0.4) is 0 Å². The number of H-pyrrole nitrogens is 1. The second-order valence-corrected chi connectivity index (χ2v) is 4.06. The van der Waals surface area contributed by atoms with Gasteiger partial charge in [-0.3, -0.25) is 4.79 Å². The van der Waals surface area contributed by atoms with Crippen molar-refractivity contribution in [1.29, 1.82) is 0 Å². The van der Waals surface area contributed by atoms with E-state index in [1.807, 2.05) is 18.4 Å². The van der Waals surface area contributed by atoms with Crippen molar-refractivity contribution in [2.24, 2.45) is 0 Å². The number of hydrogen-bond donors (Lipinski definition) is 1. The highest BCUT2D eigenvalue weighted by Gasteiger charge is 2.05. The summed E-state index contributed by atoms with van der Waals surface area (Å²) in [5.41, 5.74) is 1.83. The van der Waals surface area contributed by atoms with E-state index >= 15 is 0 Å². The number of rotatable bonds is 1. The molecule has 0 fully saturated rings. The maximum absolute atomic E-state index is 11.2. The first-order valence-corrected chi connectivity index (χ1v) is 5.17. The van der Waals surface area contributed by atoms with Crippen LogP contribution in [-0.4, -0.2) is 9.97 Å². The van der Waals surface area contributed by atoms with E-state index in [1.54, 1.807) is 18.3 Å². The van der Waals surface area contributed by atoms with Gasteiger partial charge in [-0.05, 0) is 30.9 Å². The third-order valence-corrected chi connectivity index (χ3v) is 2.99. The van der Waals surface area contributed by atoms with Crippen molar-refractivity contribution < 1.29 is 0 Å². The Hall–Kier alpha value is -1.42. The molecule has 2 heterocycles. The quantitative estimate of drug-likeness (QED) is 0.776. The molecule has 2 aromatic heterocycles. The van der Waals surface area contributed by atoms with E-state index in [0.29, 0.717) is 5.82 Å². The Bertz CT molecular complexity index is 513. The minimum absolute atomic E-state index is 0.0969. The topological polar surface area (TPSA) is 45.8 Å². The van der Waals surface area contributed by atoms with Crippen LogP contribution in [0.4, 0.5) is 0 Å². The Morgan fingerprint density at radius 1 is 1.43 bits per heavy atom. The molecule has 0 spiro atoms. The van der Waals surface area contributed by atoms with E-state index in [-0.39, 0.29) is 5.56 Å². The predicted octanol–water partition coefficient (Wildman–Crippen LogP) is 2.12. The fraction of sp³-hybridized carbons (Fsp3) is 0.200. The molecule has 3 nitrogen and oxygen atoms in total. The summed E-state index contributed by atoms with van der Waals surface area (Å²) in [7, 11) is 0. The number of aromatic amines is 1. The van der Waals surface area contributed by atoms with Gasteiger partial charge < -0.3 is 4.98 Å². The molecule has 0 saturated heterocycles. The number of aromatic nitrogens is 2. The lowest BCUT2D eigenvalue weighted by atomic mass is 10.2. The van der Waals surface area contributed by atoms with Crippen molar-refractivity contribution in [3.63, 3.8) is 0 Å². The summed E-state index contributed by atoms with van der Waals surface area (Å²) >= 11 is 1.60. The summed E-state index contributed by atoms with van der Waals surface area (Å²) in [4.78, 5) is 19.2. The Labute approximate surface area is 85.5 Å². The second kappa shape index (κ2) is 3.38. The van der Waals surface area contributed by atoms with Gasteiger partial charge in [0.05, 0.1) is 10.6 Å². The number of aryl methyl sites for hydroxylation is 2. The largest absolute Gasteiger partial charge is 0.311 e. The van der Waals surface area contributed by atoms with Gasteiger partial charge in [0.1, 0.15) is 5.82 Å². The van der Waals surface area contributed by atoms with Gasteiger partial charge in [-0.15, -0.1) is 11.3 Å². The standard InChI is InChI=1S/C10H10N2OS/c1-6-3-4-14-10(6)8-5-9(13)12-7(2)11-8/h3-5H,1-2H3,(H,11,12,13). The van der Waals surface area contributed by atoms with Gasteiger partial charge in [0.2, 0.25) is 0 Å². The molecular formula is C10H10N2OS. The third-order valence-electron chi connectivity index (χ3n) is 1.95. The molecule has 14 heavy (non-hydrogen) atoms. The zero-order chi connectivity index (χ0) is 10.1. The van der Waals surface area contributed by atoms with Crippen molar-refractivity contribution in [2.45, 2.75) is 13.8 Å². The summed E-state index contributed by atoms with van der Waals surface area (Å²) in [6.45, 7) is 3.80. The molecule has 0 aliphatic carbocycles. The van der Waals surface area contributed by atoms with Crippen LogP contribution in [-0.2, 0) is 0 Å². The molecule has 1 N–H and O–H groups in total. The Morgan fingerprint density at radius 2 is 2.21 bits per heavy atom. The third kappa shape index (κ3) is 1.61. The molecule has 0 amide bonds. The van der Waals surface area contributed by atoms with E-state index in [1.165, 1.54) is 6.07 Å². The fourth-order valence-electron chi connectivity index (χ4n) is 1.33. The summed E-state index contributed by atoms with van der Waals surface area (Å²) < 4.78 is 0. The van der Waals surface area contributed by atoms with Gasteiger partial charge in [-0.25, -0.2) is 4.98 Å². The van der Waals surface area contributed by atoms with Gasteiger partial charge >= 0.3 is 0 Å². The highest BCUT2D eigenvalue weighted by Crippen LogP contribution is 2.26. The van der Waals surface area contributed by atoms with E-state index in [2.05, 4.69) is 9.97 Å². The molecule has 0 radical (unpaired) electrons. The maximum Gasteiger partial charge on any atom is 0.251 e. The Kier molecular flexibility index (Phi) is 2.21. The Balaban J connectivity index is 2.63. The van der Waals surface area contributed by atoms with E-state index in [0.717, 1.165) is 16.1 Å². The molecule has 0 aromatic carbocycles. The van der Waals surface area contributed by atoms with E-state index in [4.69, 9.17) is 0 Å². The summed E-state index contributed by atoms with van der Waals surface area (Å²) in [6.07, 6.45) is 0. The van der Waals surface area contributed by atoms with Crippen LogP contribution in [0.2, 0.25) is 0 Å². The monoisotopic (exact) mass is 206 g/mol. The van der Waals surface area contributed by atoms with Crippen LogP contribution in [0, 0.1) is 13.8 Å². The fourth-order valence-corrected chi connectivity index (χ4v) is 2.22. The van der Waals surface area contributed by atoms with Crippen LogP contribution in [0.5, 0.6) is 0 Å². The molecule has 0 atom stereocenters. The highest BCUT2D eigenvalue weighted by atomic mass is 32.1. The average molecular weight is 206 g/mol. The molecule has 0 aliphatic rings. The van der Waals surface area contributed by atoms with Crippen LogP contribution in [0.15, 0.2) is 22.3 Å². The van der Waals surface area contributed by atoms with Crippen molar-refractivity contribution in [3.05, 3.63) is 39.3 Å². The lowest BCUT2D eigenvalue weighted by Crippen LogP contribution is -2.08. The van der Waals surface area contributed by atoms with Gasteiger partial charge in [0, 0.05) is 6.07 Å². The van der Waals surface area contributed by atoms with Crippen LogP contribution in [0.1, 0.15) is 11.4 Å². The van der Waals surface area contributed by atoms with Gasteiger partial charge in [0.15, 0.2) is 0 Å². The van der Waals surface area contributed by atoms with E-state index in [9.17, 15) is 4.79 Å².